The maximum Gasteiger partial charge on any atom is 0.268 e. The monoisotopic (exact) mass is 334 g/mol. The van der Waals surface area contributed by atoms with Gasteiger partial charge in [-0.2, -0.15) is 4.98 Å². The predicted octanol–water partition coefficient (Wildman–Crippen LogP) is 2.52. The fourth-order valence-corrected chi connectivity index (χ4v) is 2.47. The molecule has 0 aromatic carbocycles. The molecule has 2 rings (SSSR count). The highest BCUT2D eigenvalue weighted by Gasteiger charge is 2.18. The van der Waals surface area contributed by atoms with Crippen molar-refractivity contribution in [3.8, 4) is 5.88 Å². The molecule has 5 heteroatoms. The lowest BCUT2D eigenvalue weighted by Crippen LogP contribution is -2.16. The summed E-state index contributed by atoms with van der Waals surface area (Å²) in [5.74, 6) is 0.825. The highest BCUT2D eigenvalue weighted by Crippen LogP contribution is 2.30. The van der Waals surface area contributed by atoms with Crippen molar-refractivity contribution < 1.29 is 5.11 Å². The second-order valence-corrected chi connectivity index (χ2v) is 5.36. The van der Waals surface area contributed by atoms with E-state index >= 15 is 0 Å². The number of hydrogen-bond donors (Lipinski definition) is 2. The molecule has 1 aromatic heterocycles. The SMILES string of the molecule is O=c1[nH]c(C2CCCCCC2)nc(O)c1I. The molecule has 0 spiro atoms. The van der Waals surface area contributed by atoms with Crippen LogP contribution >= 0.6 is 22.6 Å². The zero-order valence-corrected chi connectivity index (χ0v) is 11.2. The van der Waals surface area contributed by atoms with Crippen molar-refractivity contribution in [1.29, 1.82) is 0 Å². The van der Waals surface area contributed by atoms with Gasteiger partial charge in [-0.25, -0.2) is 0 Å². The average molecular weight is 334 g/mol. The topological polar surface area (TPSA) is 66.0 Å². The second-order valence-electron chi connectivity index (χ2n) is 4.28. The molecule has 2 N–H and O–H groups in total. The third-order valence-corrected chi connectivity index (χ3v) is 4.08. The summed E-state index contributed by atoms with van der Waals surface area (Å²) in [7, 11) is 0. The van der Waals surface area contributed by atoms with Gasteiger partial charge in [-0.3, -0.25) is 4.79 Å². The van der Waals surface area contributed by atoms with Gasteiger partial charge in [-0.05, 0) is 35.4 Å². The molecule has 0 aliphatic heterocycles. The molecule has 0 bridgehead atoms. The van der Waals surface area contributed by atoms with Gasteiger partial charge in [0.15, 0.2) is 0 Å². The van der Waals surface area contributed by atoms with Gasteiger partial charge in [-0.1, -0.05) is 25.7 Å². The zero-order valence-electron chi connectivity index (χ0n) is 9.00. The Morgan fingerprint density at radius 3 is 2.44 bits per heavy atom. The quantitative estimate of drug-likeness (QED) is 0.613. The highest BCUT2D eigenvalue weighted by molar-refractivity contribution is 14.1. The lowest BCUT2D eigenvalue weighted by Gasteiger charge is -2.13. The normalized spacial score (nSPS) is 18.3. The van der Waals surface area contributed by atoms with E-state index in [9.17, 15) is 9.90 Å². The van der Waals surface area contributed by atoms with Crippen LogP contribution in [0.25, 0.3) is 0 Å². The summed E-state index contributed by atoms with van der Waals surface area (Å²) in [6.07, 6.45) is 7.00. The van der Waals surface area contributed by atoms with E-state index < -0.39 is 0 Å². The van der Waals surface area contributed by atoms with Crippen LogP contribution in [-0.4, -0.2) is 15.1 Å². The molecule has 1 heterocycles. The van der Waals surface area contributed by atoms with Crippen LogP contribution in [-0.2, 0) is 0 Å². The van der Waals surface area contributed by atoms with Crippen molar-refractivity contribution in [3.05, 3.63) is 19.7 Å². The van der Waals surface area contributed by atoms with Gasteiger partial charge in [0.1, 0.15) is 9.39 Å². The van der Waals surface area contributed by atoms with Gasteiger partial charge in [-0.15, -0.1) is 0 Å². The Morgan fingerprint density at radius 2 is 1.88 bits per heavy atom. The number of aromatic nitrogens is 2. The van der Waals surface area contributed by atoms with E-state index in [0.717, 1.165) is 12.8 Å². The molecule has 1 aliphatic rings. The molecule has 88 valence electrons. The predicted molar refractivity (Wildman–Crippen MR) is 69.7 cm³/mol. The highest BCUT2D eigenvalue weighted by atomic mass is 127. The van der Waals surface area contributed by atoms with Gasteiger partial charge in [0, 0.05) is 5.92 Å². The third kappa shape index (κ3) is 2.56. The molecule has 1 aliphatic carbocycles. The summed E-state index contributed by atoms with van der Waals surface area (Å²) in [5, 5.41) is 9.54. The van der Waals surface area contributed by atoms with Gasteiger partial charge >= 0.3 is 0 Å². The first kappa shape index (κ1) is 11.9. The lowest BCUT2D eigenvalue weighted by molar-refractivity contribution is 0.435. The maximum absolute atomic E-state index is 11.5. The van der Waals surface area contributed by atoms with E-state index in [1.54, 1.807) is 0 Å². The Bertz CT molecular complexity index is 422. The van der Waals surface area contributed by atoms with Crippen LogP contribution in [0.1, 0.15) is 50.3 Å². The maximum atomic E-state index is 11.5. The number of halogens is 1. The molecule has 0 atom stereocenters. The number of H-pyrrole nitrogens is 1. The standard InChI is InChI=1S/C11H15IN2O2/c12-8-10(15)13-9(14-11(8)16)7-5-3-1-2-4-6-7/h7H,1-6H2,(H2,13,14,15,16). The van der Waals surface area contributed by atoms with Crippen molar-refractivity contribution in [2.45, 2.75) is 44.4 Å². The summed E-state index contributed by atoms with van der Waals surface area (Å²) in [4.78, 5) is 18.4. The fraction of sp³-hybridized carbons (Fsp3) is 0.636. The van der Waals surface area contributed by atoms with Crippen LogP contribution in [0.2, 0.25) is 0 Å². The summed E-state index contributed by atoms with van der Waals surface area (Å²) in [6.45, 7) is 0. The number of nitrogens with zero attached hydrogens (tertiary/aromatic N) is 1. The van der Waals surface area contributed by atoms with Gasteiger partial charge in [0.2, 0.25) is 5.88 Å². The summed E-state index contributed by atoms with van der Waals surface area (Å²) < 4.78 is 0.273. The summed E-state index contributed by atoms with van der Waals surface area (Å²) >= 11 is 1.81. The van der Waals surface area contributed by atoms with Crippen LogP contribution in [0.4, 0.5) is 0 Å². The molecule has 16 heavy (non-hydrogen) atoms. The van der Waals surface area contributed by atoms with E-state index in [1.807, 2.05) is 22.6 Å². The Labute approximate surface area is 108 Å². The Kier molecular flexibility index (Phi) is 3.83. The molecule has 1 fully saturated rings. The number of rotatable bonds is 1. The van der Waals surface area contributed by atoms with E-state index in [-0.39, 0.29) is 15.0 Å². The minimum absolute atomic E-state index is 0.136. The molecule has 0 radical (unpaired) electrons. The van der Waals surface area contributed by atoms with Gasteiger partial charge < -0.3 is 10.1 Å². The summed E-state index contributed by atoms with van der Waals surface area (Å²) in [6, 6.07) is 0. The van der Waals surface area contributed by atoms with Crippen molar-refractivity contribution in [2.24, 2.45) is 0 Å². The minimum atomic E-state index is -0.229. The van der Waals surface area contributed by atoms with E-state index in [0.29, 0.717) is 11.7 Å². The molecule has 0 saturated heterocycles. The molecule has 0 unspecified atom stereocenters. The lowest BCUT2D eigenvalue weighted by atomic mass is 10.00. The number of aromatic amines is 1. The van der Waals surface area contributed by atoms with Crippen molar-refractivity contribution in [2.75, 3.05) is 0 Å². The van der Waals surface area contributed by atoms with Crippen LogP contribution in [0.5, 0.6) is 5.88 Å². The minimum Gasteiger partial charge on any atom is -0.492 e. The zero-order chi connectivity index (χ0) is 11.5. The van der Waals surface area contributed by atoms with Crippen molar-refractivity contribution in [1.82, 2.24) is 9.97 Å². The first-order valence-electron chi connectivity index (χ1n) is 5.67. The smallest absolute Gasteiger partial charge is 0.268 e. The average Bonchev–Trinajstić information content (AvgIpc) is 2.53. The second kappa shape index (κ2) is 5.16. The molecular formula is C11H15IN2O2. The van der Waals surface area contributed by atoms with Crippen LogP contribution in [0.15, 0.2) is 4.79 Å². The molecule has 4 nitrogen and oxygen atoms in total. The molecule has 1 saturated carbocycles. The van der Waals surface area contributed by atoms with E-state index in [2.05, 4.69) is 9.97 Å². The van der Waals surface area contributed by atoms with E-state index in [4.69, 9.17) is 0 Å². The van der Waals surface area contributed by atoms with Crippen LogP contribution < -0.4 is 5.56 Å². The van der Waals surface area contributed by atoms with Gasteiger partial charge in [0.25, 0.3) is 5.56 Å². The third-order valence-electron chi connectivity index (χ3n) is 3.11. The Balaban J connectivity index is 2.28. The van der Waals surface area contributed by atoms with Crippen molar-refractivity contribution in [3.63, 3.8) is 0 Å². The van der Waals surface area contributed by atoms with Crippen molar-refractivity contribution >= 4 is 22.6 Å². The first-order valence-corrected chi connectivity index (χ1v) is 6.75. The fourth-order valence-electron chi connectivity index (χ4n) is 2.21. The Morgan fingerprint density at radius 1 is 1.25 bits per heavy atom. The number of aromatic hydroxyl groups is 1. The van der Waals surface area contributed by atoms with E-state index in [1.165, 1.54) is 25.7 Å². The molecule has 1 aromatic rings. The number of nitrogens with one attached hydrogen (secondary N) is 1. The van der Waals surface area contributed by atoms with Crippen LogP contribution in [0.3, 0.4) is 0 Å². The van der Waals surface area contributed by atoms with Crippen LogP contribution in [0, 0.1) is 3.57 Å². The van der Waals surface area contributed by atoms with Gasteiger partial charge in [0.05, 0.1) is 0 Å². The molecular weight excluding hydrogens is 319 g/mol. The molecule has 0 amide bonds. The summed E-state index contributed by atoms with van der Waals surface area (Å²) in [5.41, 5.74) is -0.229. The first-order chi connectivity index (χ1) is 7.68. The Hall–Kier alpha value is -0.590. The largest absolute Gasteiger partial charge is 0.492 e. The number of hydrogen-bond acceptors (Lipinski definition) is 3.